The molecular weight excluding hydrogens is 362 g/mol. The molecule has 0 atom stereocenters. The van der Waals surface area contributed by atoms with Gasteiger partial charge in [-0.15, -0.1) is 11.3 Å². The molecule has 1 aromatic carbocycles. The van der Waals surface area contributed by atoms with Crippen molar-refractivity contribution in [1.29, 1.82) is 0 Å². The molecule has 0 fully saturated rings. The number of guanidine groups is 1. The number of nitrogens with one attached hydrogen (secondary N) is 2. The summed E-state index contributed by atoms with van der Waals surface area (Å²) in [5.74, 6) is 1.21. The highest BCUT2D eigenvalue weighted by molar-refractivity contribution is 7.09. The van der Waals surface area contributed by atoms with Crippen molar-refractivity contribution in [3.63, 3.8) is 0 Å². The van der Waals surface area contributed by atoms with Crippen molar-refractivity contribution in [2.75, 3.05) is 13.7 Å². The predicted octanol–water partition coefficient (Wildman–Crippen LogP) is 3.32. The summed E-state index contributed by atoms with van der Waals surface area (Å²) in [6.07, 6.45) is 0. The molecule has 0 aliphatic heterocycles. The van der Waals surface area contributed by atoms with Gasteiger partial charge in [-0.1, -0.05) is 0 Å². The van der Waals surface area contributed by atoms with Crippen LogP contribution in [0, 0.1) is 6.92 Å². The molecule has 0 aliphatic rings. The van der Waals surface area contributed by atoms with Crippen molar-refractivity contribution < 1.29 is 18.3 Å². The molecule has 0 aliphatic carbocycles. The van der Waals surface area contributed by atoms with Crippen molar-refractivity contribution in [1.82, 2.24) is 15.6 Å². The lowest BCUT2D eigenvalue weighted by molar-refractivity contribution is -0.0504. The maximum absolute atomic E-state index is 12.6. The van der Waals surface area contributed by atoms with Gasteiger partial charge < -0.3 is 20.1 Å². The number of alkyl halides is 2. The molecule has 0 saturated carbocycles. The third-order valence-electron chi connectivity index (χ3n) is 3.50. The van der Waals surface area contributed by atoms with Gasteiger partial charge in [-0.3, -0.25) is 0 Å². The Hall–Kier alpha value is -2.42. The third-order valence-corrected chi connectivity index (χ3v) is 4.43. The molecule has 26 heavy (non-hydrogen) atoms. The number of aliphatic imine (C=N–C) groups is 1. The zero-order valence-electron chi connectivity index (χ0n) is 14.9. The maximum atomic E-state index is 12.6. The molecule has 0 saturated heterocycles. The van der Waals surface area contributed by atoms with Crippen LogP contribution in [0.25, 0.3) is 0 Å². The van der Waals surface area contributed by atoms with Crippen LogP contribution in [0.1, 0.15) is 23.1 Å². The molecule has 9 heteroatoms. The van der Waals surface area contributed by atoms with E-state index in [0.29, 0.717) is 30.4 Å². The zero-order valence-corrected chi connectivity index (χ0v) is 15.7. The largest absolute Gasteiger partial charge is 0.497 e. The molecule has 0 spiro atoms. The minimum absolute atomic E-state index is 0.0821. The first-order valence-corrected chi connectivity index (χ1v) is 8.94. The van der Waals surface area contributed by atoms with Crippen LogP contribution in [0.2, 0.25) is 0 Å². The highest BCUT2D eigenvalue weighted by Gasteiger charge is 2.11. The minimum atomic E-state index is -2.90. The van der Waals surface area contributed by atoms with Crippen LogP contribution in [-0.4, -0.2) is 31.2 Å². The number of nitrogens with zero attached hydrogens (tertiary/aromatic N) is 2. The number of hydrogen-bond donors (Lipinski definition) is 2. The highest BCUT2D eigenvalue weighted by Crippen LogP contribution is 2.26. The molecule has 2 rings (SSSR count). The van der Waals surface area contributed by atoms with Crippen LogP contribution in [-0.2, 0) is 13.1 Å². The van der Waals surface area contributed by atoms with Crippen molar-refractivity contribution in [2.45, 2.75) is 33.5 Å². The van der Waals surface area contributed by atoms with Gasteiger partial charge in [0.25, 0.3) is 0 Å². The summed E-state index contributed by atoms with van der Waals surface area (Å²) < 4.78 is 34.9. The van der Waals surface area contributed by atoms with Crippen LogP contribution < -0.4 is 20.1 Å². The van der Waals surface area contributed by atoms with Crippen LogP contribution >= 0.6 is 11.3 Å². The summed E-state index contributed by atoms with van der Waals surface area (Å²) in [6, 6.07) is 4.66. The summed E-state index contributed by atoms with van der Waals surface area (Å²) in [5.41, 5.74) is 3.27. The first-order chi connectivity index (χ1) is 12.5. The number of thiazole rings is 1. The van der Waals surface area contributed by atoms with E-state index in [-0.39, 0.29) is 12.3 Å². The fourth-order valence-corrected chi connectivity index (χ4v) is 2.90. The number of aromatic nitrogens is 1. The van der Waals surface area contributed by atoms with Crippen molar-refractivity contribution in [3.8, 4) is 11.5 Å². The number of benzene rings is 1. The van der Waals surface area contributed by atoms with Gasteiger partial charge in [0.1, 0.15) is 11.5 Å². The Morgan fingerprint density at radius 3 is 2.77 bits per heavy atom. The molecule has 0 radical (unpaired) electrons. The minimum Gasteiger partial charge on any atom is -0.497 e. The fraction of sp³-hybridized carbons (Fsp3) is 0.412. The number of aryl methyl sites for hydroxylation is 1. The van der Waals surface area contributed by atoms with E-state index in [9.17, 15) is 8.78 Å². The van der Waals surface area contributed by atoms with E-state index >= 15 is 0 Å². The lowest BCUT2D eigenvalue weighted by Crippen LogP contribution is -2.36. The lowest BCUT2D eigenvalue weighted by atomic mass is 10.2. The Labute approximate surface area is 155 Å². The summed E-state index contributed by atoms with van der Waals surface area (Å²) in [4.78, 5) is 9.77. The summed E-state index contributed by atoms with van der Waals surface area (Å²) >= 11 is 1.56. The van der Waals surface area contributed by atoms with Gasteiger partial charge in [-0.25, -0.2) is 9.98 Å². The highest BCUT2D eigenvalue weighted by atomic mass is 32.1. The molecule has 0 unspecified atom stereocenters. The average Bonchev–Trinajstić information content (AvgIpc) is 3.03. The molecular formula is C17H22F2N4O2S. The first kappa shape index (κ1) is 19.9. The second kappa shape index (κ2) is 9.91. The maximum Gasteiger partial charge on any atom is 0.387 e. The Morgan fingerprint density at radius 1 is 1.35 bits per heavy atom. The van der Waals surface area contributed by atoms with Gasteiger partial charge in [0.05, 0.1) is 31.4 Å². The summed E-state index contributed by atoms with van der Waals surface area (Å²) in [5, 5.41) is 6.34. The van der Waals surface area contributed by atoms with Crippen molar-refractivity contribution in [2.24, 2.45) is 4.99 Å². The molecule has 2 aromatic rings. The Morgan fingerprint density at radius 2 is 2.15 bits per heavy atom. The number of hydrogen-bond acceptors (Lipinski definition) is 5. The number of methoxy groups -OCH3 is 1. The molecule has 2 N–H and O–H groups in total. The van der Waals surface area contributed by atoms with Gasteiger partial charge in [-0.05, 0) is 32.0 Å². The van der Waals surface area contributed by atoms with Crippen LogP contribution in [0.15, 0.2) is 28.7 Å². The molecule has 1 aromatic heterocycles. The van der Waals surface area contributed by atoms with E-state index in [1.54, 1.807) is 29.0 Å². The molecule has 0 bridgehead atoms. The third kappa shape index (κ3) is 5.83. The van der Waals surface area contributed by atoms with Crippen LogP contribution in [0.3, 0.4) is 0 Å². The van der Waals surface area contributed by atoms with Gasteiger partial charge in [-0.2, -0.15) is 8.78 Å². The normalized spacial score (nSPS) is 11.5. The zero-order chi connectivity index (χ0) is 18.9. The molecule has 142 valence electrons. The lowest BCUT2D eigenvalue weighted by Gasteiger charge is -2.13. The van der Waals surface area contributed by atoms with Crippen LogP contribution in [0.4, 0.5) is 8.78 Å². The van der Waals surface area contributed by atoms with E-state index in [4.69, 9.17) is 4.74 Å². The topological polar surface area (TPSA) is 67.8 Å². The van der Waals surface area contributed by atoms with E-state index in [2.05, 4.69) is 25.3 Å². The Kier molecular flexibility index (Phi) is 7.58. The smallest absolute Gasteiger partial charge is 0.387 e. The van der Waals surface area contributed by atoms with Crippen LogP contribution in [0.5, 0.6) is 11.5 Å². The van der Waals surface area contributed by atoms with Crippen molar-refractivity contribution >= 4 is 17.3 Å². The summed E-state index contributed by atoms with van der Waals surface area (Å²) in [7, 11) is 1.51. The van der Waals surface area contributed by atoms with Gasteiger partial charge in [0, 0.05) is 17.0 Å². The van der Waals surface area contributed by atoms with Gasteiger partial charge >= 0.3 is 6.61 Å². The standard InChI is InChI=1S/C17H22F2N4O2S/c1-4-20-17(22-9-15-11(2)23-10-26-15)21-8-12-7-13(24-3)5-6-14(12)25-16(18)19/h5-7,10,16H,4,8-9H2,1-3H3,(H2,20,21,22). The fourth-order valence-electron chi connectivity index (χ4n) is 2.18. The van der Waals surface area contributed by atoms with E-state index in [1.807, 2.05) is 13.8 Å². The SMILES string of the molecule is CCNC(=NCc1cc(OC)ccc1OC(F)F)NCc1scnc1C. The van der Waals surface area contributed by atoms with E-state index in [0.717, 1.165) is 10.6 Å². The number of rotatable bonds is 8. The quantitative estimate of drug-likeness (QED) is 0.540. The average molecular weight is 384 g/mol. The molecule has 0 amide bonds. The first-order valence-electron chi connectivity index (χ1n) is 8.06. The molecule has 6 nitrogen and oxygen atoms in total. The Balaban J connectivity index is 2.13. The number of halogens is 2. The van der Waals surface area contributed by atoms with Gasteiger partial charge in [0.2, 0.25) is 0 Å². The second-order valence-corrected chi connectivity index (χ2v) is 6.20. The summed E-state index contributed by atoms with van der Waals surface area (Å²) in [6.45, 7) is 2.42. The monoisotopic (exact) mass is 384 g/mol. The van der Waals surface area contributed by atoms with E-state index in [1.165, 1.54) is 13.2 Å². The van der Waals surface area contributed by atoms with E-state index < -0.39 is 6.61 Å². The second-order valence-electron chi connectivity index (χ2n) is 5.26. The Bertz CT molecular complexity index is 737. The molecule has 1 heterocycles. The number of ether oxygens (including phenoxy) is 2. The van der Waals surface area contributed by atoms with Gasteiger partial charge in [0.15, 0.2) is 5.96 Å². The van der Waals surface area contributed by atoms with Crippen molar-refractivity contribution in [3.05, 3.63) is 39.8 Å². The predicted molar refractivity (Wildman–Crippen MR) is 98.1 cm³/mol.